The van der Waals surface area contributed by atoms with Crippen LogP contribution in [0.3, 0.4) is 0 Å². The van der Waals surface area contributed by atoms with Crippen LogP contribution in [-0.2, 0) is 4.79 Å². The van der Waals surface area contributed by atoms with E-state index in [0.29, 0.717) is 0 Å². The number of carboxylic acid groups (broad SMARTS) is 1. The van der Waals surface area contributed by atoms with Crippen LogP contribution < -0.4 is 0 Å². The smallest absolute Gasteiger partial charge is 0.328 e. The van der Waals surface area contributed by atoms with Crippen molar-refractivity contribution in [3.63, 3.8) is 0 Å². The molecule has 16 heavy (non-hydrogen) atoms. The number of fused-ring (bicyclic) bond motifs is 1. The fraction of sp³-hybridized carbons (Fsp3) is 0. The Morgan fingerprint density at radius 3 is 2.88 bits per heavy atom. The third-order valence-corrected chi connectivity index (χ3v) is 2.14. The summed E-state index contributed by atoms with van der Waals surface area (Å²) < 4.78 is 5.34. The Hall–Kier alpha value is -2.29. The topological polar surface area (TPSA) is 50.4 Å². The number of para-hydroxylation sites is 1. The van der Waals surface area contributed by atoms with Gasteiger partial charge in [-0.2, -0.15) is 0 Å². The van der Waals surface area contributed by atoms with Gasteiger partial charge in [0, 0.05) is 17.0 Å². The van der Waals surface area contributed by atoms with Gasteiger partial charge in [0.05, 0.1) is 6.26 Å². The van der Waals surface area contributed by atoms with E-state index in [2.05, 4.69) is 0 Å². The average Bonchev–Trinajstić information content (AvgIpc) is 2.68. The standard InChI is InChI=1S/C13H10O3/c14-13(15)8-4-1-5-10-9-16-12-7-3-2-6-11(10)12/h1-9H,(H,14,15)/b5-1+,8-4+. The molecule has 0 unspecified atom stereocenters. The largest absolute Gasteiger partial charge is 0.478 e. The first-order valence-electron chi connectivity index (χ1n) is 4.81. The van der Waals surface area contributed by atoms with Gasteiger partial charge in [0.1, 0.15) is 5.58 Å². The predicted molar refractivity (Wildman–Crippen MR) is 62.0 cm³/mol. The van der Waals surface area contributed by atoms with E-state index in [9.17, 15) is 4.79 Å². The quantitative estimate of drug-likeness (QED) is 0.631. The molecule has 0 radical (unpaired) electrons. The summed E-state index contributed by atoms with van der Waals surface area (Å²) in [5.41, 5.74) is 1.76. The van der Waals surface area contributed by atoms with Crippen LogP contribution in [0.15, 0.2) is 53.2 Å². The number of benzene rings is 1. The lowest BCUT2D eigenvalue weighted by Crippen LogP contribution is -1.84. The molecule has 0 aliphatic carbocycles. The van der Waals surface area contributed by atoms with Crippen LogP contribution in [0.5, 0.6) is 0 Å². The molecule has 1 aromatic carbocycles. The molecule has 0 fully saturated rings. The van der Waals surface area contributed by atoms with E-state index < -0.39 is 5.97 Å². The van der Waals surface area contributed by atoms with Crippen molar-refractivity contribution in [2.45, 2.75) is 0 Å². The van der Waals surface area contributed by atoms with Crippen LogP contribution in [0.2, 0.25) is 0 Å². The molecule has 1 aromatic heterocycles. The number of carboxylic acids is 1. The second-order valence-electron chi connectivity index (χ2n) is 3.24. The number of allylic oxidation sites excluding steroid dienone is 2. The number of furan rings is 1. The van der Waals surface area contributed by atoms with Gasteiger partial charge >= 0.3 is 5.97 Å². The highest BCUT2D eigenvalue weighted by atomic mass is 16.4. The van der Waals surface area contributed by atoms with E-state index in [0.717, 1.165) is 22.6 Å². The molecule has 0 saturated carbocycles. The van der Waals surface area contributed by atoms with Crippen LogP contribution in [0, 0.1) is 0 Å². The molecule has 0 saturated heterocycles. The summed E-state index contributed by atoms with van der Waals surface area (Å²) >= 11 is 0. The highest BCUT2D eigenvalue weighted by molar-refractivity contribution is 5.87. The zero-order chi connectivity index (χ0) is 11.4. The monoisotopic (exact) mass is 214 g/mol. The van der Waals surface area contributed by atoms with Crippen molar-refractivity contribution in [3.05, 3.63) is 54.3 Å². The first-order chi connectivity index (χ1) is 7.77. The Kier molecular flexibility index (Phi) is 2.87. The first kappa shape index (κ1) is 10.2. The number of carbonyl (C=O) groups is 1. The Labute approximate surface area is 92.3 Å². The van der Waals surface area contributed by atoms with E-state index in [-0.39, 0.29) is 0 Å². The van der Waals surface area contributed by atoms with E-state index in [1.807, 2.05) is 30.3 Å². The van der Waals surface area contributed by atoms with Gasteiger partial charge in [-0.15, -0.1) is 0 Å². The zero-order valence-electron chi connectivity index (χ0n) is 8.46. The summed E-state index contributed by atoms with van der Waals surface area (Å²) in [5, 5.41) is 9.42. The summed E-state index contributed by atoms with van der Waals surface area (Å²) in [4.78, 5) is 10.2. The minimum absolute atomic E-state index is 0.823. The molecule has 0 atom stereocenters. The maximum absolute atomic E-state index is 10.2. The minimum atomic E-state index is -0.957. The fourth-order valence-electron chi connectivity index (χ4n) is 1.42. The first-order valence-corrected chi connectivity index (χ1v) is 4.81. The maximum atomic E-state index is 10.2. The maximum Gasteiger partial charge on any atom is 0.328 e. The van der Waals surface area contributed by atoms with E-state index in [4.69, 9.17) is 9.52 Å². The third-order valence-electron chi connectivity index (χ3n) is 2.14. The van der Waals surface area contributed by atoms with Gasteiger partial charge in [-0.1, -0.05) is 36.4 Å². The van der Waals surface area contributed by atoms with Crippen LogP contribution in [0.4, 0.5) is 0 Å². The highest BCUT2D eigenvalue weighted by Gasteiger charge is 2.00. The number of aliphatic carboxylic acids is 1. The van der Waals surface area contributed by atoms with Crippen LogP contribution in [-0.4, -0.2) is 11.1 Å². The van der Waals surface area contributed by atoms with Crippen LogP contribution >= 0.6 is 0 Å². The molecule has 0 aliphatic rings. The molecular formula is C13H10O3. The van der Waals surface area contributed by atoms with E-state index >= 15 is 0 Å². The molecule has 0 bridgehead atoms. The Bertz CT molecular complexity index is 561. The van der Waals surface area contributed by atoms with Crippen molar-refractivity contribution in [2.75, 3.05) is 0 Å². The van der Waals surface area contributed by atoms with Crippen LogP contribution in [0.25, 0.3) is 17.0 Å². The molecule has 0 aliphatic heterocycles. The Morgan fingerprint density at radius 2 is 2.06 bits per heavy atom. The molecule has 3 heteroatoms. The molecule has 0 spiro atoms. The lowest BCUT2D eigenvalue weighted by Gasteiger charge is -1.87. The molecular weight excluding hydrogens is 204 g/mol. The SMILES string of the molecule is O=C(O)/C=C/C=C/c1coc2ccccc12. The number of rotatable bonds is 3. The Balaban J connectivity index is 2.25. The fourth-order valence-corrected chi connectivity index (χ4v) is 1.42. The zero-order valence-corrected chi connectivity index (χ0v) is 8.46. The number of hydrogen-bond donors (Lipinski definition) is 1. The molecule has 2 aromatic rings. The van der Waals surface area contributed by atoms with Crippen molar-refractivity contribution < 1.29 is 14.3 Å². The summed E-state index contributed by atoms with van der Waals surface area (Å²) in [6.07, 6.45) is 7.69. The average molecular weight is 214 g/mol. The van der Waals surface area contributed by atoms with Gasteiger partial charge in [-0.25, -0.2) is 4.79 Å². The Morgan fingerprint density at radius 1 is 1.25 bits per heavy atom. The van der Waals surface area contributed by atoms with E-state index in [1.165, 1.54) is 6.08 Å². The molecule has 1 N–H and O–H groups in total. The van der Waals surface area contributed by atoms with Gasteiger partial charge in [-0.05, 0) is 6.07 Å². The van der Waals surface area contributed by atoms with Gasteiger partial charge in [0.25, 0.3) is 0 Å². The van der Waals surface area contributed by atoms with Crippen molar-refractivity contribution >= 4 is 23.0 Å². The minimum Gasteiger partial charge on any atom is -0.478 e. The molecule has 3 nitrogen and oxygen atoms in total. The van der Waals surface area contributed by atoms with Gasteiger partial charge < -0.3 is 9.52 Å². The second kappa shape index (κ2) is 4.49. The van der Waals surface area contributed by atoms with Crippen molar-refractivity contribution in [2.24, 2.45) is 0 Å². The number of hydrogen-bond acceptors (Lipinski definition) is 2. The van der Waals surface area contributed by atoms with Crippen molar-refractivity contribution in [3.8, 4) is 0 Å². The lowest BCUT2D eigenvalue weighted by atomic mass is 10.1. The molecule has 2 rings (SSSR count). The summed E-state index contributed by atoms with van der Waals surface area (Å²) in [7, 11) is 0. The summed E-state index contributed by atoms with van der Waals surface area (Å²) in [6.45, 7) is 0. The molecule has 1 heterocycles. The van der Waals surface area contributed by atoms with Crippen molar-refractivity contribution in [1.29, 1.82) is 0 Å². The molecule has 80 valence electrons. The third kappa shape index (κ3) is 2.20. The summed E-state index contributed by atoms with van der Waals surface area (Å²) in [5.74, 6) is -0.957. The van der Waals surface area contributed by atoms with Crippen molar-refractivity contribution in [1.82, 2.24) is 0 Å². The van der Waals surface area contributed by atoms with E-state index in [1.54, 1.807) is 12.3 Å². The van der Waals surface area contributed by atoms with Gasteiger partial charge in [0.15, 0.2) is 0 Å². The normalized spacial score (nSPS) is 11.8. The molecule has 0 amide bonds. The van der Waals surface area contributed by atoms with Crippen LogP contribution in [0.1, 0.15) is 5.56 Å². The van der Waals surface area contributed by atoms with Gasteiger partial charge in [-0.3, -0.25) is 0 Å². The van der Waals surface area contributed by atoms with Gasteiger partial charge in [0.2, 0.25) is 0 Å². The lowest BCUT2D eigenvalue weighted by molar-refractivity contribution is -0.131. The second-order valence-corrected chi connectivity index (χ2v) is 3.24. The summed E-state index contributed by atoms with van der Waals surface area (Å²) in [6, 6.07) is 7.69. The predicted octanol–water partition coefficient (Wildman–Crippen LogP) is 3.09. The highest BCUT2D eigenvalue weighted by Crippen LogP contribution is 2.21.